The van der Waals surface area contributed by atoms with Crippen LogP contribution in [0.3, 0.4) is 0 Å². The van der Waals surface area contributed by atoms with Crippen LogP contribution in [0.15, 0.2) is 23.4 Å². The standard InChI is InChI=1S/C19H23ClN6O3/c1-28-11-18(27)26-10-12(24-25-21)3-4-13(26)5-6-14-15(20)9-22-16-7-8-17(29-2)23-19(14)16/h7-9,12-13H,3-6,10-11H2,1-2H3. The molecule has 0 bridgehead atoms. The number of fused-ring (bicyclic) bond motifs is 1. The fraction of sp³-hybridized carbons (Fsp3) is 0.526. The van der Waals surface area contributed by atoms with Crippen molar-refractivity contribution in [2.45, 2.75) is 37.8 Å². The molecule has 9 nitrogen and oxygen atoms in total. The van der Waals surface area contributed by atoms with Crippen LogP contribution in [0.25, 0.3) is 21.5 Å². The zero-order chi connectivity index (χ0) is 20.8. The van der Waals surface area contributed by atoms with Gasteiger partial charge in [0.05, 0.1) is 29.2 Å². The summed E-state index contributed by atoms with van der Waals surface area (Å²) in [4.78, 5) is 26.0. The summed E-state index contributed by atoms with van der Waals surface area (Å²) in [5, 5.41) is 4.33. The number of azide groups is 1. The molecule has 3 heterocycles. The van der Waals surface area contributed by atoms with Crippen molar-refractivity contribution < 1.29 is 14.3 Å². The molecule has 0 N–H and O–H groups in total. The molecule has 29 heavy (non-hydrogen) atoms. The quantitative estimate of drug-likeness (QED) is 0.387. The summed E-state index contributed by atoms with van der Waals surface area (Å²) < 4.78 is 10.3. The lowest BCUT2D eigenvalue weighted by atomic mass is 9.93. The average Bonchev–Trinajstić information content (AvgIpc) is 2.73. The minimum Gasteiger partial charge on any atom is -0.481 e. The molecule has 2 aromatic heterocycles. The minimum atomic E-state index is -0.215. The molecule has 1 saturated heterocycles. The maximum Gasteiger partial charge on any atom is 0.248 e. The van der Waals surface area contributed by atoms with Gasteiger partial charge in [0.2, 0.25) is 11.8 Å². The summed E-state index contributed by atoms with van der Waals surface area (Å²) in [5.74, 6) is 0.385. The van der Waals surface area contributed by atoms with Gasteiger partial charge in [-0.25, -0.2) is 4.98 Å². The van der Waals surface area contributed by atoms with Gasteiger partial charge < -0.3 is 14.4 Å². The highest BCUT2D eigenvalue weighted by molar-refractivity contribution is 6.32. The first-order chi connectivity index (χ1) is 14.1. The van der Waals surface area contributed by atoms with E-state index >= 15 is 0 Å². The number of hydrogen-bond acceptors (Lipinski definition) is 6. The van der Waals surface area contributed by atoms with Crippen LogP contribution in [-0.2, 0) is 16.0 Å². The molecule has 0 aliphatic carbocycles. The fourth-order valence-electron chi connectivity index (χ4n) is 3.73. The number of pyridine rings is 2. The van der Waals surface area contributed by atoms with E-state index in [2.05, 4.69) is 20.0 Å². The van der Waals surface area contributed by atoms with E-state index in [0.29, 0.717) is 35.8 Å². The number of aromatic nitrogens is 2. The van der Waals surface area contributed by atoms with Crippen LogP contribution >= 0.6 is 11.6 Å². The number of rotatable bonds is 7. The van der Waals surface area contributed by atoms with Gasteiger partial charge >= 0.3 is 0 Å². The van der Waals surface area contributed by atoms with E-state index in [9.17, 15) is 4.79 Å². The number of aryl methyl sites for hydroxylation is 1. The van der Waals surface area contributed by atoms with E-state index < -0.39 is 0 Å². The number of amides is 1. The molecule has 0 saturated carbocycles. The average molecular weight is 419 g/mol. The van der Waals surface area contributed by atoms with Crippen molar-refractivity contribution in [3.8, 4) is 5.88 Å². The van der Waals surface area contributed by atoms with Crippen molar-refractivity contribution in [1.29, 1.82) is 0 Å². The van der Waals surface area contributed by atoms with Crippen LogP contribution < -0.4 is 4.74 Å². The van der Waals surface area contributed by atoms with Crippen molar-refractivity contribution in [3.05, 3.63) is 39.4 Å². The number of piperidine rings is 1. The Hall–Kier alpha value is -2.61. The maximum absolute atomic E-state index is 12.5. The Bertz CT molecular complexity index is 934. The molecule has 2 atom stereocenters. The second-order valence-corrected chi connectivity index (χ2v) is 7.32. The SMILES string of the molecule is COCC(=O)N1CC(N=[N+]=[N-])CCC1CCc1c(Cl)cnc2ccc(OC)nc12. The first kappa shape index (κ1) is 21.1. The summed E-state index contributed by atoms with van der Waals surface area (Å²) in [6.07, 6.45) is 4.44. The zero-order valence-corrected chi connectivity index (χ0v) is 17.2. The Labute approximate surface area is 173 Å². The molecule has 154 valence electrons. The number of carbonyl (C=O) groups excluding carboxylic acids is 1. The number of nitrogens with zero attached hydrogens (tertiary/aromatic N) is 6. The molecule has 1 aliphatic heterocycles. The lowest BCUT2D eigenvalue weighted by molar-refractivity contribution is -0.139. The number of methoxy groups -OCH3 is 2. The van der Waals surface area contributed by atoms with Gasteiger partial charge in [-0.15, -0.1) is 0 Å². The Kier molecular flexibility index (Phi) is 7.09. The second-order valence-electron chi connectivity index (χ2n) is 6.91. The van der Waals surface area contributed by atoms with Gasteiger partial charge in [0.15, 0.2) is 0 Å². The molecule has 1 aliphatic rings. The van der Waals surface area contributed by atoms with Gasteiger partial charge in [-0.1, -0.05) is 16.7 Å². The third kappa shape index (κ3) is 4.87. The second kappa shape index (κ2) is 9.73. The Morgan fingerprint density at radius 1 is 1.41 bits per heavy atom. The molecule has 1 fully saturated rings. The fourth-order valence-corrected chi connectivity index (χ4v) is 3.96. The number of hydrogen-bond donors (Lipinski definition) is 0. The van der Waals surface area contributed by atoms with Crippen LogP contribution in [0.5, 0.6) is 5.88 Å². The van der Waals surface area contributed by atoms with E-state index in [1.165, 1.54) is 7.11 Å². The molecular formula is C19H23ClN6O3. The lowest BCUT2D eigenvalue weighted by Gasteiger charge is -2.38. The van der Waals surface area contributed by atoms with Crippen LogP contribution in [0.1, 0.15) is 24.8 Å². The predicted octanol–water partition coefficient (Wildman–Crippen LogP) is 3.54. The highest BCUT2D eigenvalue weighted by Gasteiger charge is 2.31. The van der Waals surface area contributed by atoms with Crippen LogP contribution in [0.2, 0.25) is 5.02 Å². The predicted molar refractivity (Wildman–Crippen MR) is 109 cm³/mol. The van der Waals surface area contributed by atoms with E-state index in [1.54, 1.807) is 24.3 Å². The molecule has 0 radical (unpaired) electrons. The first-order valence-electron chi connectivity index (χ1n) is 9.38. The van der Waals surface area contributed by atoms with Crippen molar-refractivity contribution in [3.63, 3.8) is 0 Å². The Balaban J connectivity index is 1.82. The smallest absolute Gasteiger partial charge is 0.248 e. The number of halogens is 1. The molecule has 2 unspecified atom stereocenters. The van der Waals surface area contributed by atoms with Crippen molar-refractivity contribution >= 4 is 28.5 Å². The third-order valence-corrected chi connectivity index (χ3v) is 5.49. The van der Waals surface area contributed by atoms with Gasteiger partial charge in [-0.2, -0.15) is 0 Å². The third-order valence-electron chi connectivity index (χ3n) is 5.16. The van der Waals surface area contributed by atoms with Gasteiger partial charge in [-0.3, -0.25) is 9.78 Å². The highest BCUT2D eigenvalue weighted by Crippen LogP contribution is 2.29. The van der Waals surface area contributed by atoms with Crippen LogP contribution in [-0.4, -0.2) is 60.2 Å². The van der Waals surface area contributed by atoms with Crippen molar-refractivity contribution in [1.82, 2.24) is 14.9 Å². The number of carbonyl (C=O) groups is 1. The van der Waals surface area contributed by atoms with Gasteiger partial charge in [0, 0.05) is 42.4 Å². The molecular weight excluding hydrogens is 396 g/mol. The normalized spacial score (nSPS) is 19.1. The number of likely N-dealkylation sites (tertiary alicyclic amines) is 1. The molecule has 10 heteroatoms. The van der Waals surface area contributed by atoms with E-state index in [4.69, 9.17) is 26.6 Å². The Morgan fingerprint density at radius 2 is 2.24 bits per heavy atom. The molecule has 0 aromatic carbocycles. The van der Waals surface area contributed by atoms with Crippen LogP contribution in [0.4, 0.5) is 0 Å². The minimum absolute atomic E-state index is 0.00279. The van der Waals surface area contributed by atoms with E-state index in [1.807, 2.05) is 6.07 Å². The van der Waals surface area contributed by atoms with Gasteiger partial charge in [0.1, 0.15) is 6.61 Å². The van der Waals surface area contributed by atoms with Crippen LogP contribution in [0, 0.1) is 0 Å². The lowest BCUT2D eigenvalue weighted by Crippen LogP contribution is -2.49. The van der Waals surface area contributed by atoms with Crippen molar-refractivity contribution in [2.75, 3.05) is 27.4 Å². The van der Waals surface area contributed by atoms with E-state index in [-0.39, 0.29) is 24.6 Å². The summed E-state index contributed by atoms with van der Waals surface area (Å²) in [5.41, 5.74) is 11.1. The van der Waals surface area contributed by atoms with Crippen molar-refractivity contribution in [2.24, 2.45) is 5.11 Å². The monoisotopic (exact) mass is 418 g/mol. The largest absolute Gasteiger partial charge is 0.481 e. The summed E-state index contributed by atoms with van der Waals surface area (Å²) in [6, 6.07) is 3.40. The summed E-state index contributed by atoms with van der Waals surface area (Å²) in [7, 11) is 3.05. The zero-order valence-electron chi connectivity index (χ0n) is 16.4. The summed E-state index contributed by atoms with van der Waals surface area (Å²) in [6.45, 7) is 0.394. The molecule has 0 spiro atoms. The van der Waals surface area contributed by atoms with Gasteiger partial charge in [0.25, 0.3) is 0 Å². The topological polar surface area (TPSA) is 113 Å². The Morgan fingerprint density at radius 3 is 2.97 bits per heavy atom. The maximum atomic E-state index is 12.5. The number of ether oxygens (including phenoxy) is 2. The highest BCUT2D eigenvalue weighted by atomic mass is 35.5. The summed E-state index contributed by atoms with van der Waals surface area (Å²) >= 11 is 6.43. The molecule has 3 rings (SSSR count). The first-order valence-corrected chi connectivity index (χ1v) is 9.76. The van der Waals surface area contributed by atoms with Gasteiger partial charge in [-0.05, 0) is 37.3 Å². The van der Waals surface area contributed by atoms with E-state index in [0.717, 1.165) is 23.9 Å². The molecule has 2 aromatic rings. The molecule has 1 amide bonds.